The van der Waals surface area contributed by atoms with Crippen LogP contribution in [0.4, 0.5) is 0 Å². The Labute approximate surface area is 277 Å². The number of hydrogen-bond donors (Lipinski definition) is 0. The minimum Gasteiger partial charge on any atom is -0.0876 e. The van der Waals surface area contributed by atoms with Gasteiger partial charge in [0.05, 0.1) is 0 Å². The number of benzene rings is 3. The molecular formula is C32H30Br6. The lowest BCUT2D eigenvalue weighted by Crippen LogP contribution is -2.51. The second kappa shape index (κ2) is 9.53. The van der Waals surface area contributed by atoms with Gasteiger partial charge >= 0.3 is 0 Å². The van der Waals surface area contributed by atoms with Crippen LogP contribution in [0.25, 0.3) is 0 Å². The normalized spacial score (nSPS) is 29.8. The maximum Gasteiger partial charge on any atom is 0.0286 e. The van der Waals surface area contributed by atoms with Crippen LogP contribution in [0.3, 0.4) is 0 Å². The van der Waals surface area contributed by atoms with Gasteiger partial charge in [0.15, 0.2) is 0 Å². The van der Waals surface area contributed by atoms with E-state index in [2.05, 4.69) is 160 Å². The molecule has 38 heavy (non-hydrogen) atoms. The summed E-state index contributed by atoms with van der Waals surface area (Å²) in [7, 11) is 0. The average molecular weight is 894 g/mol. The molecule has 0 nitrogen and oxygen atoms in total. The molecule has 0 bridgehead atoms. The van der Waals surface area contributed by atoms with E-state index in [0.717, 1.165) is 32.0 Å². The SMILES string of the molecule is CC12c3cc(CBr)c(CBr)cc3C3(C)c4cc(CBr)c(CBr)cc4C(C)(c4cc(CBr)c(CBr)cc41)C23C. The predicted octanol–water partition coefficient (Wildman–Crippen LogP) is 11.3. The van der Waals surface area contributed by atoms with E-state index in [1.54, 1.807) is 0 Å². The third-order valence-corrected chi connectivity index (χ3v) is 14.7. The minimum absolute atomic E-state index is 0.0719. The highest BCUT2D eigenvalue weighted by atomic mass is 79.9. The Morgan fingerprint density at radius 3 is 0.658 bits per heavy atom. The lowest BCUT2D eigenvalue weighted by Gasteiger charge is -2.49. The number of alkyl halides is 6. The van der Waals surface area contributed by atoms with Crippen LogP contribution in [0.5, 0.6) is 0 Å². The summed E-state index contributed by atoms with van der Waals surface area (Å²) in [4.78, 5) is 0. The zero-order valence-corrected chi connectivity index (χ0v) is 31.5. The summed E-state index contributed by atoms with van der Waals surface area (Å²) in [5, 5.41) is 5.18. The van der Waals surface area contributed by atoms with Crippen LogP contribution in [0.1, 0.15) is 94.5 Å². The molecule has 200 valence electrons. The summed E-state index contributed by atoms with van der Waals surface area (Å²) >= 11 is 22.9. The van der Waals surface area contributed by atoms with Gasteiger partial charge in [0.1, 0.15) is 0 Å². The Balaban J connectivity index is 1.86. The fourth-order valence-corrected chi connectivity index (χ4v) is 12.0. The molecule has 0 spiro atoms. The van der Waals surface area contributed by atoms with E-state index in [1.807, 2.05) is 0 Å². The molecule has 0 saturated heterocycles. The lowest BCUT2D eigenvalue weighted by molar-refractivity contribution is 0.0997. The summed E-state index contributed by atoms with van der Waals surface area (Å²) in [5.74, 6) is 0. The topological polar surface area (TPSA) is 0 Å². The molecule has 0 unspecified atom stereocenters. The molecule has 0 radical (unpaired) electrons. The number of halogens is 6. The third-order valence-electron chi connectivity index (χ3n) is 11.1. The molecule has 0 fully saturated rings. The van der Waals surface area contributed by atoms with Crippen LogP contribution in [0, 0.1) is 5.41 Å². The van der Waals surface area contributed by atoms with Crippen LogP contribution in [0.2, 0.25) is 0 Å². The Bertz CT molecular complexity index is 1230. The van der Waals surface area contributed by atoms with Gasteiger partial charge in [-0.05, 0) is 66.8 Å². The standard InChI is InChI=1S/C32H30Br6/c1-29-23-5-17(11-33)19(13-35)7-25(23)30(2)27-9-21(15-37)22(16-38)10-28(27)31(3,32(29,30)4)26-8-20(14-36)18(12-34)6-24(26)29/h5-10H,11-16H2,1-4H3. The Kier molecular flexibility index (Phi) is 7.18. The Hall–Kier alpha value is 0.540. The molecule has 0 N–H and O–H groups in total. The van der Waals surface area contributed by atoms with Gasteiger partial charge in [0, 0.05) is 53.6 Å². The highest BCUT2D eigenvalue weighted by Crippen LogP contribution is 2.82. The molecule has 3 aromatic rings. The van der Waals surface area contributed by atoms with Gasteiger partial charge in [0.2, 0.25) is 0 Å². The van der Waals surface area contributed by atoms with Crippen molar-refractivity contribution >= 4 is 95.6 Å². The van der Waals surface area contributed by atoms with Gasteiger partial charge < -0.3 is 0 Å². The van der Waals surface area contributed by atoms with Crippen LogP contribution in [-0.4, -0.2) is 0 Å². The second-order valence-corrected chi connectivity index (χ2v) is 15.2. The fraction of sp³-hybridized carbons (Fsp3) is 0.438. The van der Waals surface area contributed by atoms with Crippen LogP contribution >= 0.6 is 95.6 Å². The first-order valence-corrected chi connectivity index (χ1v) is 19.7. The van der Waals surface area contributed by atoms with Crippen molar-refractivity contribution in [2.75, 3.05) is 0 Å². The van der Waals surface area contributed by atoms with Crippen molar-refractivity contribution in [1.82, 2.24) is 0 Å². The van der Waals surface area contributed by atoms with E-state index < -0.39 is 0 Å². The fourth-order valence-electron chi connectivity index (χ4n) is 8.85. The average Bonchev–Trinajstić information content (AvgIpc) is 3.29. The zero-order valence-electron chi connectivity index (χ0n) is 22.0. The second-order valence-electron chi connectivity index (χ2n) is 11.8. The third kappa shape index (κ3) is 3.02. The zero-order chi connectivity index (χ0) is 27.4. The molecule has 6 rings (SSSR count). The largest absolute Gasteiger partial charge is 0.0876 e. The Morgan fingerprint density at radius 1 is 0.368 bits per heavy atom. The molecule has 0 aliphatic heterocycles. The molecule has 0 heterocycles. The maximum absolute atomic E-state index is 3.82. The summed E-state index contributed by atoms with van der Waals surface area (Å²) < 4.78 is 0. The number of fused-ring (bicyclic) bond motifs is 9. The lowest BCUT2D eigenvalue weighted by atomic mass is 9.52. The van der Waals surface area contributed by atoms with Crippen molar-refractivity contribution in [3.8, 4) is 0 Å². The van der Waals surface area contributed by atoms with Gasteiger partial charge in [-0.25, -0.2) is 0 Å². The number of rotatable bonds is 6. The monoisotopic (exact) mass is 888 g/mol. The van der Waals surface area contributed by atoms with Crippen molar-refractivity contribution < 1.29 is 0 Å². The van der Waals surface area contributed by atoms with Gasteiger partial charge in [-0.1, -0.05) is 160 Å². The van der Waals surface area contributed by atoms with E-state index in [9.17, 15) is 0 Å². The number of hydrogen-bond acceptors (Lipinski definition) is 0. The smallest absolute Gasteiger partial charge is 0.0286 e. The van der Waals surface area contributed by atoms with Crippen LogP contribution in [0.15, 0.2) is 36.4 Å². The summed E-state index contributed by atoms with van der Waals surface area (Å²) in [6, 6.07) is 15.2. The van der Waals surface area contributed by atoms with Crippen molar-refractivity contribution in [3.05, 3.63) is 103 Å². The van der Waals surface area contributed by atoms with Gasteiger partial charge in [-0.3, -0.25) is 0 Å². The summed E-state index contributed by atoms with van der Waals surface area (Å²) in [5.41, 5.74) is 16.9. The molecule has 0 amide bonds. The van der Waals surface area contributed by atoms with Crippen molar-refractivity contribution in [1.29, 1.82) is 0 Å². The predicted molar refractivity (Wildman–Crippen MR) is 183 cm³/mol. The molecule has 3 aliphatic carbocycles. The molecule has 3 aromatic carbocycles. The highest BCUT2D eigenvalue weighted by molar-refractivity contribution is 9.09. The van der Waals surface area contributed by atoms with E-state index in [1.165, 1.54) is 66.8 Å². The van der Waals surface area contributed by atoms with Gasteiger partial charge in [0.25, 0.3) is 0 Å². The van der Waals surface area contributed by atoms with Crippen LogP contribution in [-0.2, 0) is 48.2 Å². The molecule has 0 aromatic heterocycles. The van der Waals surface area contributed by atoms with E-state index >= 15 is 0 Å². The van der Waals surface area contributed by atoms with Crippen LogP contribution < -0.4 is 0 Å². The first kappa shape index (κ1) is 28.6. The van der Waals surface area contributed by atoms with Gasteiger partial charge in [-0.2, -0.15) is 0 Å². The van der Waals surface area contributed by atoms with Crippen molar-refractivity contribution in [3.63, 3.8) is 0 Å². The summed E-state index contributed by atoms with van der Waals surface area (Å²) in [6.45, 7) is 10.3. The molecule has 3 aliphatic rings. The van der Waals surface area contributed by atoms with E-state index in [4.69, 9.17) is 0 Å². The van der Waals surface area contributed by atoms with Crippen molar-refractivity contribution in [2.24, 2.45) is 5.41 Å². The first-order chi connectivity index (χ1) is 18.1. The first-order valence-electron chi connectivity index (χ1n) is 12.9. The van der Waals surface area contributed by atoms with E-state index in [-0.39, 0.29) is 21.7 Å². The molecule has 0 saturated carbocycles. The highest BCUT2D eigenvalue weighted by Gasteiger charge is 2.79. The van der Waals surface area contributed by atoms with E-state index in [0.29, 0.717) is 0 Å². The van der Waals surface area contributed by atoms with Crippen molar-refractivity contribution in [2.45, 2.75) is 75.9 Å². The van der Waals surface area contributed by atoms with Gasteiger partial charge in [-0.15, -0.1) is 0 Å². The summed E-state index contributed by atoms with van der Waals surface area (Å²) in [6.07, 6.45) is 0. The maximum atomic E-state index is 3.82. The Morgan fingerprint density at radius 2 is 0.526 bits per heavy atom. The molecular weight excluding hydrogens is 864 g/mol. The quantitative estimate of drug-likeness (QED) is 0.216. The molecule has 0 atom stereocenters. The molecule has 6 heteroatoms. The minimum atomic E-state index is -0.132.